The van der Waals surface area contributed by atoms with Gasteiger partial charge in [-0.15, -0.1) is 0 Å². The zero-order valence-electron chi connectivity index (χ0n) is 11.1. The molecule has 0 aliphatic carbocycles. The van der Waals surface area contributed by atoms with Crippen LogP contribution in [0.3, 0.4) is 0 Å². The van der Waals surface area contributed by atoms with Crippen molar-refractivity contribution in [2.45, 2.75) is 32.7 Å². The largest absolute Gasteiger partial charge is 0.354 e. The van der Waals surface area contributed by atoms with Crippen molar-refractivity contribution in [3.63, 3.8) is 0 Å². The van der Waals surface area contributed by atoms with Gasteiger partial charge in [-0.1, -0.05) is 6.92 Å². The summed E-state index contributed by atoms with van der Waals surface area (Å²) in [6.07, 6.45) is 2.76. The number of hydrogen-bond acceptors (Lipinski definition) is 3. The predicted octanol–water partition coefficient (Wildman–Crippen LogP) is 1.88. The van der Waals surface area contributed by atoms with Crippen LogP contribution in [0.25, 0.3) is 0 Å². The molecular weight excluding hydrogens is 310 g/mol. The highest BCUT2D eigenvalue weighted by Crippen LogP contribution is 2.11. The Kier molecular flexibility index (Phi) is 6.49. The van der Waals surface area contributed by atoms with Gasteiger partial charge in [0, 0.05) is 25.2 Å². The first-order chi connectivity index (χ1) is 9.04. The lowest BCUT2D eigenvalue weighted by molar-refractivity contribution is -0.121. The smallest absolute Gasteiger partial charge is 0.254 e. The van der Waals surface area contributed by atoms with Gasteiger partial charge in [-0.2, -0.15) is 0 Å². The van der Waals surface area contributed by atoms with Crippen molar-refractivity contribution in [1.82, 2.24) is 15.6 Å². The Morgan fingerprint density at radius 3 is 2.84 bits per heavy atom. The van der Waals surface area contributed by atoms with Crippen LogP contribution in [0.1, 0.15) is 37.0 Å². The summed E-state index contributed by atoms with van der Waals surface area (Å²) in [7, 11) is 0. The van der Waals surface area contributed by atoms with Gasteiger partial charge in [0.1, 0.15) is 4.60 Å². The Morgan fingerprint density at radius 2 is 2.21 bits per heavy atom. The second-order valence-corrected chi connectivity index (χ2v) is 4.98. The van der Waals surface area contributed by atoms with Crippen LogP contribution in [0, 0.1) is 0 Å². The number of nitrogens with one attached hydrogen (secondary N) is 2. The number of aromatic nitrogens is 1. The first kappa shape index (κ1) is 15.6. The first-order valence-electron chi connectivity index (χ1n) is 6.22. The van der Waals surface area contributed by atoms with Crippen molar-refractivity contribution in [2.24, 2.45) is 0 Å². The summed E-state index contributed by atoms with van der Waals surface area (Å²) in [5, 5.41) is 5.53. The van der Waals surface area contributed by atoms with Crippen LogP contribution in [0.2, 0.25) is 0 Å². The summed E-state index contributed by atoms with van der Waals surface area (Å²) in [6, 6.07) is 3.52. The lowest BCUT2D eigenvalue weighted by Gasteiger charge is -2.11. The van der Waals surface area contributed by atoms with Crippen LogP contribution < -0.4 is 10.6 Å². The molecule has 104 valence electrons. The molecule has 1 unspecified atom stereocenters. The zero-order chi connectivity index (χ0) is 14.3. The third kappa shape index (κ3) is 5.38. The van der Waals surface area contributed by atoms with E-state index in [9.17, 15) is 9.59 Å². The number of carbonyl (C=O) groups excluding carboxylic acids is 2. The fraction of sp³-hybridized carbons (Fsp3) is 0.462. The maximum absolute atomic E-state index is 11.8. The van der Waals surface area contributed by atoms with Crippen molar-refractivity contribution >= 4 is 27.7 Å². The minimum absolute atomic E-state index is 0.0556. The number of pyridine rings is 1. The molecule has 0 aromatic carbocycles. The molecule has 1 aromatic rings. The van der Waals surface area contributed by atoms with E-state index in [4.69, 9.17) is 0 Å². The molecule has 5 nitrogen and oxygen atoms in total. The quantitative estimate of drug-likeness (QED) is 0.783. The number of rotatable bonds is 6. The molecule has 0 saturated heterocycles. The summed E-state index contributed by atoms with van der Waals surface area (Å²) in [5.41, 5.74) is 0.463. The molecule has 2 N–H and O–H groups in total. The number of hydrogen-bond donors (Lipinski definition) is 2. The van der Waals surface area contributed by atoms with E-state index in [1.165, 1.54) is 0 Å². The topological polar surface area (TPSA) is 71.1 Å². The van der Waals surface area contributed by atoms with Crippen molar-refractivity contribution in [2.75, 3.05) is 6.54 Å². The highest BCUT2D eigenvalue weighted by molar-refractivity contribution is 9.10. The van der Waals surface area contributed by atoms with E-state index < -0.39 is 0 Å². The Hall–Kier alpha value is -1.43. The highest BCUT2D eigenvalue weighted by Gasteiger charge is 2.11. The summed E-state index contributed by atoms with van der Waals surface area (Å²) in [6.45, 7) is 4.26. The Labute approximate surface area is 121 Å². The monoisotopic (exact) mass is 327 g/mol. The minimum Gasteiger partial charge on any atom is -0.354 e. The molecule has 0 fully saturated rings. The zero-order valence-corrected chi connectivity index (χ0v) is 12.7. The fourth-order valence-corrected chi connectivity index (χ4v) is 1.82. The van der Waals surface area contributed by atoms with Gasteiger partial charge in [0.15, 0.2) is 0 Å². The minimum atomic E-state index is -0.240. The molecule has 6 heteroatoms. The van der Waals surface area contributed by atoms with Gasteiger partial charge in [0.25, 0.3) is 5.91 Å². The normalized spacial score (nSPS) is 11.7. The van der Waals surface area contributed by atoms with Crippen LogP contribution in [0.4, 0.5) is 0 Å². The standard InChI is InChI=1S/C13H18BrN3O2/c1-3-9(2)17-11(18)6-8-16-13(19)10-5-4-7-15-12(10)14/h4-5,7,9H,3,6,8H2,1-2H3,(H,16,19)(H,17,18). The maximum atomic E-state index is 11.8. The van der Waals surface area contributed by atoms with Crippen molar-refractivity contribution in [3.05, 3.63) is 28.5 Å². The molecular formula is C13H18BrN3O2. The molecule has 0 radical (unpaired) electrons. The lowest BCUT2D eigenvalue weighted by Crippen LogP contribution is -2.35. The lowest BCUT2D eigenvalue weighted by atomic mass is 10.2. The maximum Gasteiger partial charge on any atom is 0.254 e. The predicted molar refractivity (Wildman–Crippen MR) is 76.8 cm³/mol. The van der Waals surface area contributed by atoms with Gasteiger partial charge >= 0.3 is 0 Å². The number of carbonyl (C=O) groups is 2. The highest BCUT2D eigenvalue weighted by atomic mass is 79.9. The van der Waals surface area contributed by atoms with E-state index in [2.05, 4.69) is 31.5 Å². The van der Waals surface area contributed by atoms with E-state index >= 15 is 0 Å². The van der Waals surface area contributed by atoms with Gasteiger partial charge in [-0.3, -0.25) is 9.59 Å². The SMILES string of the molecule is CCC(C)NC(=O)CCNC(=O)c1cccnc1Br. The van der Waals surface area contributed by atoms with Gasteiger partial charge in [-0.25, -0.2) is 4.98 Å². The number of amides is 2. The van der Waals surface area contributed by atoms with Crippen molar-refractivity contribution in [3.8, 4) is 0 Å². The van der Waals surface area contributed by atoms with E-state index in [1.807, 2.05) is 13.8 Å². The Balaban J connectivity index is 2.36. The fourth-order valence-electron chi connectivity index (χ4n) is 1.39. The third-order valence-corrected chi connectivity index (χ3v) is 3.29. The second-order valence-electron chi connectivity index (χ2n) is 4.22. The molecule has 0 spiro atoms. The van der Waals surface area contributed by atoms with E-state index in [0.717, 1.165) is 6.42 Å². The summed E-state index contributed by atoms with van der Waals surface area (Å²) >= 11 is 3.21. The van der Waals surface area contributed by atoms with Gasteiger partial charge in [0.2, 0.25) is 5.91 Å². The Bertz CT molecular complexity index is 451. The average Bonchev–Trinajstić information content (AvgIpc) is 2.38. The molecule has 2 amide bonds. The van der Waals surface area contributed by atoms with Gasteiger partial charge in [0.05, 0.1) is 5.56 Å². The van der Waals surface area contributed by atoms with Crippen molar-refractivity contribution < 1.29 is 9.59 Å². The summed E-state index contributed by atoms with van der Waals surface area (Å²) < 4.78 is 0.497. The van der Waals surface area contributed by atoms with Gasteiger partial charge in [-0.05, 0) is 41.4 Å². The summed E-state index contributed by atoms with van der Waals surface area (Å²) in [4.78, 5) is 27.3. The van der Waals surface area contributed by atoms with Crippen LogP contribution >= 0.6 is 15.9 Å². The molecule has 1 aromatic heterocycles. The molecule has 0 aliphatic rings. The molecule has 19 heavy (non-hydrogen) atoms. The van der Waals surface area contributed by atoms with Crippen LogP contribution in [-0.4, -0.2) is 29.4 Å². The van der Waals surface area contributed by atoms with E-state index in [0.29, 0.717) is 16.7 Å². The second kappa shape index (κ2) is 7.89. The van der Waals surface area contributed by atoms with Crippen LogP contribution in [0.5, 0.6) is 0 Å². The van der Waals surface area contributed by atoms with E-state index in [-0.39, 0.29) is 24.3 Å². The number of halogens is 1. The Morgan fingerprint density at radius 1 is 1.47 bits per heavy atom. The van der Waals surface area contributed by atoms with Crippen molar-refractivity contribution in [1.29, 1.82) is 0 Å². The third-order valence-electron chi connectivity index (χ3n) is 2.66. The molecule has 0 aliphatic heterocycles. The molecule has 0 saturated carbocycles. The average molecular weight is 328 g/mol. The van der Waals surface area contributed by atoms with Crippen LogP contribution in [-0.2, 0) is 4.79 Å². The first-order valence-corrected chi connectivity index (χ1v) is 7.02. The van der Waals surface area contributed by atoms with Gasteiger partial charge < -0.3 is 10.6 Å². The van der Waals surface area contributed by atoms with E-state index in [1.54, 1.807) is 18.3 Å². The molecule has 1 heterocycles. The molecule has 1 rings (SSSR count). The molecule has 1 atom stereocenters. The molecule has 0 bridgehead atoms. The van der Waals surface area contributed by atoms with Crippen LogP contribution in [0.15, 0.2) is 22.9 Å². The summed E-state index contributed by atoms with van der Waals surface area (Å²) in [5.74, 6) is -0.295. The number of nitrogens with zero attached hydrogens (tertiary/aromatic N) is 1.